The van der Waals surface area contributed by atoms with Gasteiger partial charge in [0.25, 0.3) is 0 Å². The zero-order valence-electron chi connectivity index (χ0n) is 5.33. The Hall–Kier alpha value is -1.19. The van der Waals surface area contributed by atoms with Crippen LogP contribution in [0.15, 0.2) is 0 Å². The van der Waals surface area contributed by atoms with E-state index < -0.39 is 0 Å². The summed E-state index contributed by atoms with van der Waals surface area (Å²) in [7, 11) is 1.75. The van der Waals surface area contributed by atoms with Crippen LogP contribution in [-0.2, 0) is 7.05 Å². The normalized spacial score (nSPS) is 9.56. The minimum Gasteiger partial charge on any atom is -0.294 e. The molecule has 4 heteroatoms. The molecule has 1 aromatic heterocycles. The lowest BCUT2D eigenvalue weighted by Gasteiger charge is -1.84. The van der Waals surface area contributed by atoms with Crippen molar-refractivity contribution in [2.45, 2.75) is 6.92 Å². The quantitative estimate of drug-likeness (QED) is 0.494. The summed E-state index contributed by atoms with van der Waals surface area (Å²) >= 11 is 0. The minimum atomic E-state index is 0.245. The van der Waals surface area contributed by atoms with Gasteiger partial charge in [-0.2, -0.15) is 0 Å². The Kier molecular flexibility index (Phi) is 1.30. The van der Waals surface area contributed by atoms with Gasteiger partial charge in [-0.15, -0.1) is 5.10 Å². The van der Waals surface area contributed by atoms with Crippen LogP contribution < -0.4 is 0 Å². The smallest absolute Gasteiger partial charge is 0.214 e. The van der Waals surface area contributed by atoms with Crippen LogP contribution in [0, 0.1) is 6.92 Å². The van der Waals surface area contributed by atoms with Crippen molar-refractivity contribution in [2.24, 2.45) is 7.05 Å². The van der Waals surface area contributed by atoms with Gasteiger partial charge in [-0.1, -0.05) is 0 Å². The molecule has 0 saturated heterocycles. The van der Waals surface area contributed by atoms with Crippen LogP contribution in [0.3, 0.4) is 0 Å². The van der Waals surface area contributed by atoms with Crippen LogP contribution in [0.1, 0.15) is 16.4 Å². The highest BCUT2D eigenvalue weighted by atomic mass is 16.1. The predicted molar refractivity (Wildman–Crippen MR) is 31.1 cm³/mol. The van der Waals surface area contributed by atoms with Gasteiger partial charge in [0.2, 0.25) is 5.82 Å². The maximum atomic E-state index is 10.0. The van der Waals surface area contributed by atoms with Crippen molar-refractivity contribution in [3.8, 4) is 0 Å². The van der Waals surface area contributed by atoms with Crippen molar-refractivity contribution >= 4 is 6.29 Å². The lowest BCUT2D eigenvalue weighted by molar-refractivity contribution is 0.111. The average Bonchev–Trinajstić information content (AvgIpc) is 2.13. The van der Waals surface area contributed by atoms with E-state index in [4.69, 9.17) is 0 Å². The van der Waals surface area contributed by atoms with Crippen molar-refractivity contribution in [3.63, 3.8) is 0 Å². The number of aromatic nitrogens is 3. The van der Waals surface area contributed by atoms with Crippen LogP contribution in [-0.4, -0.2) is 21.1 Å². The molecular formula is C5H7N3O. The number of nitrogens with zero attached hydrogens (tertiary/aromatic N) is 3. The Morgan fingerprint density at radius 3 is 2.56 bits per heavy atom. The molecule has 1 rings (SSSR count). The van der Waals surface area contributed by atoms with Gasteiger partial charge in [-0.25, -0.2) is 4.98 Å². The third kappa shape index (κ3) is 0.960. The lowest BCUT2D eigenvalue weighted by Crippen LogP contribution is -1.92. The average molecular weight is 125 g/mol. The second kappa shape index (κ2) is 1.97. The first-order valence-electron chi connectivity index (χ1n) is 2.57. The third-order valence-electron chi connectivity index (χ3n) is 1.10. The summed E-state index contributed by atoms with van der Waals surface area (Å²) in [6.45, 7) is 1.79. The molecule has 0 aliphatic rings. The second-order valence-corrected chi connectivity index (χ2v) is 1.76. The van der Waals surface area contributed by atoms with Crippen LogP contribution >= 0.6 is 0 Å². The molecule has 0 aliphatic carbocycles. The first-order valence-corrected chi connectivity index (χ1v) is 2.57. The van der Waals surface area contributed by atoms with Gasteiger partial charge in [-0.3, -0.25) is 9.48 Å². The van der Waals surface area contributed by atoms with Gasteiger partial charge < -0.3 is 0 Å². The number of carbonyl (C=O) groups excluding carboxylic acids is 1. The molecule has 0 N–H and O–H groups in total. The van der Waals surface area contributed by atoms with E-state index in [0.717, 1.165) is 5.82 Å². The molecule has 4 nitrogen and oxygen atoms in total. The molecule has 0 amide bonds. The molecule has 0 saturated carbocycles. The largest absolute Gasteiger partial charge is 0.294 e. The van der Waals surface area contributed by atoms with Crippen molar-refractivity contribution in [3.05, 3.63) is 11.6 Å². The van der Waals surface area contributed by atoms with E-state index in [1.54, 1.807) is 18.7 Å². The first-order chi connectivity index (χ1) is 4.24. The van der Waals surface area contributed by atoms with Crippen molar-refractivity contribution < 1.29 is 4.79 Å². The predicted octanol–water partition coefficient (Wildman–Crippen LogP) is -0.0640. The lowest BCUT2D eigenvalue weighted by atomic mass is 10.7. The monoisotopic (exact) mass is 125 g/mol. The fourth-order valence-corrected chi connectivity index (χ4v) is 0.536. The van der Waals surface area contributed by atoms with E-state index in [1.807, 2.05) is 0 Å². The first kappa shape index (κ1) is 5.94. The molecule has 0 atom stereocenters. The summed E-state index contributed by atoms with van der Waals surface area (Å²) in [6.07, 6.45) is 0.632. The van der Waals surface area contributed by atoms with Crippen LogP contribution in [0.5, 0.6) is 0 Å². The zero-order valence-corrected chi connectivity index (χ0v) is 5.33. The zero-order chi connectivity index (χ0) is 6.85. The van der Waals surface area contributed by atoms with Crippen LogP contribution in [0.25, 0.3) is 0 Å². The highest BCUT2D eigenvalue weighted by molar-refractivity contribution is 5.68. The van der Waals surface area contributed by atoms with E-state index >= 15 is 0 Å². The number of rotatable bonds is 1. The molecule has 9 heavy (non-hydrogen) atoms. The molecule has 1 heterocycles. The fraction of sp³-hybridized carbons (Fsp3) is 0.400. The van der Waals surface area contributed by atoms with Gasteiger partial charge >= 0.3 is 0 Å². The molecule has 0 bridgehead atoms. The van der Waals surface area contributed by atoms with E-state index in [2.05, 4.69) is 10.1 Å². The Morgan fingerprint density at radius 2 is 2.33 bits per heavy atom. The van der Waals surface area contributed by atoms with Crippen LogP contribution in [0.2, 0.25) is 0 Å². The highest BCUT2D eigenvalue weighted by Crippen LogP contribution is 1.89. The maximum absolute atomic E-state index is 10.0. The number of aldehydes is 1. The van der Waals surface area contributed by atoms with Crippen molar-refractivity contribution in [1.82, 2.24) is 14.8 Å². The molecule has 0 radical (unpaired) electrons. The summed E-state index contributed by atoms with van der Waals surface area (Å²) in [6, 6.07) is 0. The van der Waals surface area contributed by atoms with Crippen molar-refractivity contribution in [2.75, 3.05) is 0 Å². The highest BCUT2D eigenvalue weighted by Gasteiger charge is 1.98. The van der Waals surface area contributed by atoms with E-state index in [1.165, 1.54) is 0 Å². The minimum absolute atomic E-state index is 0.245. The standard InChI is InChI=1S/C5H7N3O/c1-4-6-5(3-9)7-8(4)2/h3H,1-2H3. The summed E-state index contributed by atoms with van der Waals surface area (Å²) in [5, 5.41) is 3.77. The molecule has 0 spiro atoms. The molecule has 0 aliphatic heterocycles. The molecule has 0 unspecified atom stereocenters. The number of aryl methyl sites for hydroxylation is 2. The maximum Gasteiger partial charge on any atom is 0.214 e. The van der Waals surface area contributed by atoms with E-state index in [0.29, 0.717) is 6.29 Å². The number of carbonyl (C=O) groups is 1. The molecular weight excluding hydrogens is 118 g/mol. The summed E-state index contributed by atoms with van der Waals surface area (Å²) in [5.74, 6) is 0.993. The molecule has 0 fully saturated rings. The fourth-order valence-electron chi connectivity index (χ4n) is 0.536. The topological polar surface area (TPSA) is 47.8 Å². The van der Waals surface area contributed by atoms with Gasteiger partial charge in [0.05, 0.1) is 0 Å². The van der Waals surface area contributed by atoms with Gasteiger partial charge in [0.1, 0.15) is 5.82 Å². The summed E-state index contributed by atoms with van der Waals surface area (Å²) in [5.41, 5.74) is 0. The van der Waals surface area contributed by atoms with E-state index in [9.17, 15) is 4.79 Å². The molecule has 48 valence electrons. The summed E-state index contributed by atoms with van der Waals surface area (Å²) in [4.78, 5) is 13.8. The van der Waals surface area contributed by atoms with Gasteiger partial charge in [0.15, 0.2) is 6.29 Å². The Balaban J connectivity index is 3.11. The van der Waals surface area contributed by atoms with Crippen LogP contribution in [0.4, 0.5) is 0 Å². The third-order valence-corrected chi connectivity index (χ3v) is 1.10. The molecule has 1 aromatic rings. The van der Waals surface area contributed by atoms with Gasteiger partial charge in [-0.05, 0) is 6.92 Å². The Bertz CT molecular complexity index is 209. The van der Waals surface area contributed by atoms with Gasteiger partial charge in [0, 0.05) is 7.05 Å². The Labute approximate surface area is 52.5 Å². The Morgan fingerprint density at radius 1 is 1.67 bits per heavy atom. The number of hydrogen-bond donors (Lipinski definition) is 0. The van der Waals surface area contributed by atoms with Crippen molar-refractivity contribution in [1.29, 1.82) is 0 Å². The van der Waals surface area contributed by atoms with E-state index in [-0.39, 0.29) is 5.82 Å². The SMILES string of the molecule is Cc1nc(C=O)nn1C. The molecule has 0 aromatic carbocycles. The second-order valence-electron chi connectivity index (χ2n) is 1.76. The number of hydrogen-bond acceptors (Lipinski definition) is 3. The summed E-state index contributed by atoms with van der Waals surface area (Å²) < 4.78 is 1.56.